The second kappa shape index (κ2) is 7.30. The summed E-state index contributed by atoms with van der Waals surface area (Å²) in [5, 5.41) is 8.10. The van der Waals surface area contributed by atoms with Gasteiger partial charge in [0.15, 0.2) is 5.96 Å². The Hall–Kier alpha value is -1.54. The lowest BCUT2D eigenvalue weighted by molar-refractivity contribution is 0.462. The standard InChI is InChI=1S/C12H23N5O2S/c1-4-14-12(15-7-9-20(13,18)19)17(3)10-11-6-5-8-16(11)2/h5-6,8H,4,7,9-10H2,1-3H3,(H,14,15)(H2,13,18,19). The minimum atomic E-state index is -3.47. The van der Waals surface area contributed by atoms with E-state index in [1.54, 1.807) is 0 Å². The molecule has 0 radical (unpaired) electrons. The van der Waals surface area contributed by atoms with Crippen LogP contribution >= 0.6 is 0 Å². The summed E-state index contributed by atoms with van der Waals surface area (Å²) >= 11 is 0. The number of nitrogens with two attached hydrogens (primary N) is 1. The number of aryl methyl sites for hydroxylation is 1. The maximum absolute atomic E-state index is 10.9. The van der Waals surface area contributed by atoms with Gasteiger partial charge >= 0.3 is 0 Å². The van der Waals surface area contributed by atoms with Gasteiger partial charge in [0.05, 0.1) is 18.8 Å². The van der Waals surface area contributed by atoms with E-state index in [1.807, 2.05) is 48.8 Å². The Balaban J connectivity index is 2.69. The van der Waals surface area contributed by atoms with Gasteiger partial charge in [-0.3, -0.25) is 4.99 Å². The van der Waals surface area contributed by atoms with Gasteiger partial charge in [-0.1, -0.05) is 0 Å². The van der Waals surface area contributed by atoms with Crippen molar-refractivity contribution in [3.05, 3.63) is 24.0 Å². The minimum Gasteiger partial charge on any atom is -0.357 e. The van der Waals surface area contributed by atoms with E-state index in [0.29, 0.717) is 19.0 Å². The average Bonchev–Trinajstić information content (AvgIpc) is 2.72. The summed E-state index contributed by atoms with van der Waals surface area (Å²) < 4.78 is 23.9. The lowest BCUT2D eigenvalue weighted by atomic mass is 10.4. The summed E-state index contributed by atoms with van der Waals surface area (Å²) in [6.07, 6.45) is 1.98. The normalized spacial score (nSPS) is 12.5. The summed E-state index contributed by atoms with van der Waals surface area (Å²) in [5.74, 6) is 0.511. The molecule has 20 heavy (non-hydrogen) atoms. The molecule has 1 aromatic heterocycles. The Morgan fingerprint density at radius 1 is 1.55 bits per heavy atom. The molecule has 3 N–H and O–H groups in total. The molecule has 0 amide bonds. The monoisotopic (exact) mass is 301 g/mol. The Morgan fingerprint density at radius 3 is 2.75 bits per heavy atom. The summed E-state index contributed by atoms with van der Waals surface area (Å²) in [6.45, 7) is 3.51. The first kappa shape index (κ1) is 16.5. The van der Waals surface area contributed by atoms with Crippen molar-refractivity contribution in [1.29, 1.82) is 0 Å². The van der Waals surface area contributed by atoms with Crippen LogP contribution < -0.4 is 10.5 Å². The summed E-state index contributed by atoms with van der Waals surface area (Å²) in [4.78, 5) is 6.22. The van der Waals surface area contributed by atoms with Crippen molar-refractivity contribution in [2.24, 2.45) is 17.2 Å². The predicted molar refractivity (Wildman–Crippen MR) is 80.8 cm³/mol. The van der Waals surface area contributed by atoms with E-state index < -0.39 is 10.0 Å². The first-order valence-corrected chi connectivity index (χ1v) is 8.15. The van der Waals surface area contributed by atoms with Crippen LogP contribution in [0.25, 0.3) is 0 Å². The van der Waals surface area contributed by atoms with Crippen molar-refractivity contribution in [2.75, 3.05) is 25.9 Å². The molecule has 0 aliphatic rings. The van der Waals surface area contributed by atoms with Gasteiger partial charge in [0.1, 0.15) is 0 Å². The van der Waals surface area contributed by atoms with Crippen LogP contribution in [0, 0.1) is 0 Å². The van der Waals surface area contributed by atoms with E-state index in [-0.39, 0.29) is 12.3 Å². The molecule has 0 saturated heterocycles. The molecule has 0 aliphatic heterocycles. The number of primary sulfonamides is 1. The largest absolute Gasteiger partial charge is 0.357 e. The molecule has 0 aliphatic carbocycles. The van der Waals surface area contributed by atoms with Crippen LogP contribution in [0.3, 0.4) is 0 Å². The molecule has 0 aromatic carbocycles. The molecule has 0 atom stereocenters. The smallest absolute Gasteiger partial charge is 0.210 e. The lowest BCUT2D eigenvalue weighted by Crippen LogP contribution is -2.39. The topological polar surface area (TPSA) is 92.7 Å². The first-order chi connectivity index (χ1) is 9.33. The van der Waals surface area contributed by atoms with Crippen LogP contribution in [0.1, 0.15) is 12.6 Å². The van der Waals surface area contributed by atoms with E-state index in [1.165, 1.54) is 0 Å². The molecule has 1 aromatic rings. The molecule has 1 rings (SSSR count). The van der Waals surface area contributed by atoms with Crippen LogP contribution in [0.2, 0.25) is 0 Å². The zero-order chi connectivity index (χ0) is 15.2. The summed E-state index contributed by atoms with van der Waals surface area (Å²) in [7, 11) is 0.414. The zero-order valence-electron chi connectivity index (χ0n) is 12.2. The number of sulfonamides is 1. The fraction of sp³-hybridized carbons (Fsp3) is 0.583. The number of aromatic nitrogens is 1. The molecule has 8 heteroatoms. The maximum atomic E-state index is 10.9. The number of nitrogens with one attached hydrogen (secondary N) is 1. The first-order valence-electron chi connectivity index (χ1n) is 6.43. The van der Waals surface area contributed by atoms with E-state index in [2.05, 4.69) is 10.3 Å². The van der Waals surface area contributed by atoms with Crippen molar-refractivity contribution in [3.63, 3.8) is 0 Å². The third-order valence-electron chi connectivity index (χ3n) is 2.78. The molecular weight excluding hydrogens is 278 g/mol. The van der Waals surface area contributed by atoms with Gasteiger partial charge in [-0.2, -0.15) is 0 Å². The summed E-state index contributed by atoms with van der Waals surface area (Å²) in [6, 6.07) is 4.01. The Labute approximate surface area is 120 Å². The number of guanidine groups is 1. The molecule has 0 bridgehead atoms. The highest BCUT2D eigenvalue weighted by Gasteiger charge is 2.09. The van der Waals surface area contributed by atoms with Crippen LogP contribution in [-0.2, 0) is 23.6 Å². The average molecular weight is 301 g/mol. The van der Waals surface area contributed by atoms with Crippen molar-refractivity contribution >= 4 is 16.0 Å². The Kier molecular flexibility index (Phi) is 6.03. The predicted octanol–water partition coefficient (Wildman–Crippen LogP) is -0.289. The van der Waals surface area contributed by atoms with Crippen LogP contribution in [-0.4, -0.2) is 49.7 Å². The quantitative estimate of drug-likeness (QED) is 0.558. The molecule has 114 valence electrons. The van der Waals surface area contributed by atoms with Gasteiger partial charge in [-0.05, 0) is 19.1 Å². The second-order valence-corrected chi connectivity index (χ2v) is 6.30. The van der Waals surface area contributed by atoms with Gasteiger partial charge < -0.3 is 14.8 Å². The van der Waals surface area contributed by atoms with Crippen molar-refractivity contribution in [1.82, 2.24) is 14.8 Å². The molecule has 0 spiro atoms. The van der Waals surface area contributed by atoms with Gasteiger partial charge in [0.2, 0.25) is 10.0 Å². The minimum absolute atomic E-state index is 0.151. The third-order valence-corrected chi connectivity index (χ3v) is 3.54. The Bertz CT molecular complexity index is 550. The van der Waals surface area contributed by atoms with Gasteiger partial charge in [-0.15, -0.1) is 0 Å². The fourth-order valence-corrected chi connectivity index (χ4v) is 2.07. The number of nitrogens with zero attached hydrogens (tertiary/aromatic N) is 3. The number of aliphatic imine (C=N–C) groups is 1. The number of rotatable bonds is 6. The molecule has 1 heterocycles. The maximum Gasteiger partial charge on any atom is 0.210 e. The highest BCUT2D eigenvalue weighted by molar-refractivity contribution is 7.89. The third kappa shape index (κ3) is 5.62. The fourth-order valence-electron chi connectivity index (χ4n) is 1.73. The molecule has 0 unspecified atom stereocenters. The summed E-state index contributed by atoms with van der Waals surface area (Å²) in [5.41, 5.74) is 1.14. The van der Waals surface area contributed by atoms with E-state index in [0.717, 1.165) is 5.69 Å². The van der Waals surface area contributed by atoms with Crippen molar-refractivity contribution < 1.29 is 8.42 Å². The molecule has 7 nitrogen and oxygen atoms in total. The number of hydrogen-bond donors (Lipinski definition) is 2. The van der Waals surface area contributed by atoms with E-state index >= 15 is 0 Å². The highest BCUT2D eigenvalue weighted by atomic mass is 32.2. The highest BCUT2D eigenvalue weighted by Crippen LogP contribution is 2.03. The van der Waals surface area contributed by atoms with E-state index in [4.69, 9.17) is 5.14 Å². The number of hydrogen-bond acceptors (Lipinski definition) is 3. The van der Waals surface area contributed by atoms with Gasteiger partial charge in [0.25, 0.3) is 0 Å². The lowest BCUT2D eigenvalue weighted by Gasteiger charge is -2.22. The van der Waals surface area contributed by atoms with Gasteiger partial charge in [0, 0.05) is 32.5 Å². The van der Waals surface area contributed by atoms with Crippen LogP contribution in [0.5, 0.6) is 0 Å². The van der Waals surface area contributed by atoms with Crippen LogP contribution in [0.15, 0.2) is 23.3 Å². The van der Waals surface area contributed by atoms with Gasteiger partial charge in [-0.25, -0.2) is 13.6 Å². The molecule has 0 saturated carbocycles. The van der Waals surface area contributed by atoms with Crippen LogP contribution in [0.4, 0.5) is 0 Å². The Morgan fingerprint density at radius 2 is 2.25 bits per heavy atom. The SMILES string of the molecule is CCNC(=NCCS(N)(=O)=O)N(C)Cc1cccn1C. The molecule has 0 fully saturated rings. The zero-order valence-corrected chi connectivity index (χ0v) is 13.0. The van der Waals surface area contributed by atoms with Crippen molar-refractivity contribution in [3.8, 4) is 0 Å². The van der Waals surface area contributed by atoms with Crippen molar-refractivity contribution in [2.45, 2.75) is 13.5 Å². The van der Waals surface area contributed by atoms with E-state index in [9.17, 15) is 8.42 Å². The second-order valence-electron chi connectivity index (χ2n) is 4.57. The molecular formula is C12H23N5O2S.